The summed E-state index contributed by atoms with van der Waals surface area (Å²) in [6.07, 6.45) is 0.946. The maximum atomic E-state index is 13.2. The van der Waals surface area contributed by atoms with Crippen molar-refractivity contribution >= 4 is 33.3 Å². The van der Waals surface area contributed by atoms with Gasteiger partial charge in [0.05, 0.1) is 17.5 Å². The SMILES string of the molecule is COc1ccc(C2C(C#N)=C(N)OC3=C2C(=O)CC(C)(C)C3)cc1COc1ccc(Cl)cc1Br. The molecule has 1 aliphatic heterocycles. The molecule has 0 radical (unpaired) electrons. The third-order valence-electron chi connectivity index (χ3n) is 5.99. The third kappa shape index (κ3) is 4.66. The molecule has 2 N–H and O–H groups in total. The zero-order valence-electron chi connectivity index (χ0n) is 19.1. The zero-order chi connectivity index (χ0) is 24.6. The summed E-state index contributed by atoms with van der Waals surface area (Å²) in [6.45, 7) is 4.24. The first-order chi connectivity index (χ1) is 16.1. The Morgan fingerprint density at radius 1 is 1.24 bits per heavy atom. The number of rotatable bonds is 5. The van der Waals surface area contributed by atoms with Crippen molar-refractivity contribution in [2.45, 2.75) is 39.2 Å². The Kier molecular flexibility index (Phi) is 6.66. The minimum Gasteiger partial charge on any atom is -0.496 e. The Labute approximate surface area is 212 Å². The van der Waals surface area contributed by atoms with Gasteiger partial charge in [0.15, 0.2) is 5.78 Å². The van der Waals surface area contributed by atoms with E-state index in [1.807, 2.05) is 32.0 Å². The van der Waals surface area contributed by atoms with Crippen molar-refractivity contribution in [1.29, 1.82) is 5.26 Å². The van der Waals surface area contributed by atoms with E-state index in [9.17, 15) is 10.1 Å². The lowest BCUT2D eigenvalue weighted by Gasteiger charge is -2.37. The van der Waals surface area contributed by atoms with Crippen molar-refractivity contribution < 1.29 is 19.0 Å². The molecule has 0 amide bonds. The van der Waals surface area contributed by atoms with Crippen molar-refractivity contribution in [2.75, 3.05) is 7.11 Å². The Bertz CT molecular complexity index is 1280. The molecular formula is C26H24BrClN2O4. The molecule has 4 rings (SSSR count). The van der Waals surface area contributed by atoms with E-state index in [0.29, 0.717) is 40.7 Å². The molecule has 1 heterocycles. The predicted octanol–water partition coefficient (Wildman–Crippen LogP) is 6.14. The maximum absolute atomic E-state index is 13.2. The van der Waals surface area contributed by atoms with E-state index in [4.69, 9.17) is 31.5 Å². The van der Waals surface area contributed by atoms with Crippen LogP contribution in [-0.4, -0.2) is 12.9 Å². The fourth-order valence-electron chi connectivity index (χ4n) is 4.46. The largest absolute Gasteiger partial charge is 0.496 e. The first-order valence-corrected chi connectivity index (χ1v) is 11.9. The average molecular weight is 544 g/mol. The number of Topliss-reactive ketones (excluding diaryl/α,β-unsaturated/α-hetero) is 1. The van der Waals surface area contributed by atoms with Crippen molar-refractivity contribution in [3.8, 4) is 17.6 Å². The molecule has 1 aliphatic carbocycles. The molecule has 8 heteroatoms. The normalized spacial score (nSPS) is 19.3. The summed E-state index contributed by atoms with van der Waals surface area (Å²) in [5.74, 6) is 1.19. The number of carbonyl (C=O) groups excluding carboxylic acids is 1. The van der Waals surface area contributed by atoms with E-state index < -0.39 is 5.92 Å². The van der Waals surface area contributed by atoms with E-state index in [-0.39, 0.29) is 29.3 Å². The fraction of sp³-hybridized carbons (Fsp3) is 0.308. The number of halogens is 2. The zero-order valence-corrected chi connectivity index (χ0v) is 21.4. The number of ketones is 1. The molecule has 0 fully saturated rings. The van der Waals surface area contributed by atoms with Crippen LogP contribution < -0.4 is 15.2 Å². The van der Waals surface area contributed by atoms with Gasteiger partial charge in [-0.25, -0.2) is 0 Å². The molecule has 34 heavy (non-hydrogen) atoms. The number of allylic oxidation sites excluding steroid dienone is 3. The lowest BCUT2D eigenvalue weighted by Crippen LogP contribution is -2.33. The van der Waals surface area contributed by atoms with E-state index in [1.165, 1.54) is 0 Å². The summed E-state index contributed by atoms with van der Waals surface area (Å²) in [4.78, 5) is 13.2. The highest BCUT2D eigenvalue weighted by Crippen LogP contribution is 2.48. The van der Waals surface area contributed by atoms with Gasteiger partial charge in [0.2, 0.25) is 5.88 Å². The fourth-order valence-corrected chi connectivity index (χ4v) is 5.25. The van der Waals surface area contributed by atoms with Gasteiger partial charge in [0, 0.05) is 29.0 Å². The van der Waals surface area contributed by atoms with Crippen LogP contribution in [0.15, 0.2) is 63.7 Å². The van der Waals surface area contributed by atoms with Crippen LogP contribution >= 0.6 is 27.5 Å². The standard InChI is InChI=1S/C26H24BrClN2O4/c1-26(2)10-19(31)24-22(11-26)34-25(30)17(12-29)23(24)14-4-6-20(32-3)15(8-14)13-33-21-7-5-16(28)9-18(21)27/h4-9,23H,10-11,13,30H2,1-3H3. The van der Waals surface area contributed by atoms with Gasteiger partial charge in [-0.3, -0.25) is 4.79 Å². The highest BCUT2D eigenvalue weighted by molar-refractivity contribution is 9.10. The molecule has 0 saturated heterocycles. The van der Waals surface area contributed by atoms with Crippen LogP contribution in [0.5, 0.6) is 11.5 Å². The van der Waals surface area contributed by atoms with Crippen LogP contribution in [0, 0.1) is 16.7 Å². The van der Waals surface area contributed by atoms with Gasteiger partial charge < -0.3 is 19.9 Å². The minimum absolute atomic E-state index is 0.0322. The smallest absolute Gasteiger partial charge is 0.205 e. The molecular weight excluding hydrogens is 520 g/mol. The summed E-state index contributed by atoms with van der Waals surface area (Å²) < 4.78 is 18.0. The van der Waals surface area contributed by atoms with Crippen molar-refractivity contribution in [2.24, 2.45) is 11.1 Å². The van der Waals surface area contributed by atoms with Crippen LogP contribution in [0.4, 0.5) is 0 Å². The molecule has 6 nitrogen and oxygen atoms in total. The van der Waals surface area contributed by atoms with Gasteiger partial charge in [-0.1, -0.05) is 31.5 Å². The van der Waals surface area contributed by atoms with Crippen molar-refractivity contribution in [1.82, 2.24) is 0 Å². The first-order valence-electron chi connectivity index (χ1n) is 10.7. The van der Waals surface area contributed by atoms with Crippen molar-refractivity contribution in [3.63, 3.8) is 0 Å². The minimum atomic E-state index is -0.607. The Balaban J connectivity index is 1.75. The van der Waals surface area contributed by atoms with E-state index in [2.05, 4.69) is 22.0 Å². The number of nitrogens with two attached hydrogens (primary N) is 1. The Morgan fingerprint density at radius 3 is 2.65 bits per heavy atom. The van der Waals surface area contributed by atoms with Crippen LogP contribution in [0.2, 0.25) is 5.02 Å². The number of ether oxygens (including phenoxy) is 3. The lowest BCUT2D eigenvalue weighted by molar-refractivity contribution is -0.119. The summed E-state index contributed by atoms with van der Waals surface area (Å²) in [5, 5.41) is 10.5. The summed E-state index contributed by atoms with van der Waals surface area (Å²) in [5.41, 5.74) is 8.14. The molecule has 0 saturated carbocycles. The van der Waals surface area contributed by atoms with Gasteiger partial charge in [-0.2, -0.15) is 5.26 Å². The number of carbonyl (C=O) groups is 1. The number of hydrogen-bond acceptors (Lipinski definition) is 6. The Morgan fingerprint density at radius 2 is 1.97 bits per heavy atom. The van der Waals surface area contributed by atoms with E-state index in [0.717, 1.165) is 15.6 Å². The Hall–Kier alpha value is -2.95. The molecule has 2 aromatic rings. The van der Waals surface area contributed by atoms with Gasteiger partial charge in [0.25, 0.3) is 0 Å². The highest BCUT2D eigenvalue weighted by atomic mass is 79.9. The quantitative estimate of drug-likeness (QED) is 0.487. The van der Waals surface area contributed by atoms with E-state index in [1.54, 1.807) is 25.3 Å². The summed E-state index contributed by atoms with van der Waals surface area (Å²) in [7, 11) is 1.58. The van der Waals surface area contributed by atoms with Crippen LogP contribution in [0.25, 0.3) is 0 Å². The number of methoxy groups -OCH3 is 1. The molecule has 0 aromatic heterocycles. The molecule has 1 unspecified atom stereocenters. The van der Waals surface area contributed by atoms with E-state index >= 15 is 0 Å². The first kappa shape index (κ1) is 24.2. The van der Waals surface area contributed by atoms with Crippen LogP contribution in [0.1, 0.15) is 43.7 Å². The molecule has 1 atom stereocenters. The van der Waals surface area contributed by atoms with Crippen LogP contribution in [0.3, 0.4) is 0 Å². The molecule has 176 valence electrons. The number of hydrogen-bond donors (Lipinski definition) is 1. The second-order valence-electron chi connectivity index (χ2n) is 9.14. The monoisotopic (exact) mass is 542 g/mol. The summed E-state index contributed by atoms with van der Waals surface area (Å²) >= 11 is 9.48. The van der Waals surface area contributed by atoms with Gasteiger partial charge in [-0.05, 0) is 57.2 Å². The predicted molar refractivity (Wildman–Crippen MR) is 132 cm³/mol. The highest BCUT2D eigenvalue weighted by Gasteiger charge is 2.43. The third-order valence-corrected chi connectivity index (χ3v) is 6.85. The molecule has 2 aliphatic rings. The molecule has 0 spiro atoms. The molecule has 2 aromatic carbocycles. The topological polar surface area (TPSA) is 94.6 Å². The van der Waals surface area contributed by atoms with Crippen molar-refractivity contribution in [3.05, 3.63) is 79.8 Å². The van der Waals surface area contributed by atoms with Gasteiger partial charge in [0.1, 0.15) is 35.5 Å². The number of benzene rings is 2. The van der Waals surface area contributed by atoms with Gasteiger partial charge >= 0.3 is 0 Å². The van der Waals surface area contributed by atoms with Gasteiger partial charge in [-0.15, -0.1) is 0 Å². The second kappa shape index (κ2) is 9.36. The van der Waals surface area contributed by atoms with Crippen LogP contribution in [-0.2, 0) is 16.1 Å². The summed E-state index contributed by atoms with van der Waals surface area (Å²) in [6, 6.07) is 13.0. The number of nitriles is 1. The average Bonchev–Trinajstić information content (AvgIpc) is 2.76. The molecule has 0 bridgehead atoms. The second-order valence-corrected chi connectivity index (χ2v) is 10.4. The maximum Gasteiger partial charge on any atom is 0.205 e. The lowest BCUT2D eigenvalue weighted by atomic mass is 9.70. The number of nitrogens with zero attached hydrogens (tertiary/aromatic N) is 1.